The van der Waals surface area contributed by atoms with Gasteiger partial charge in [-0.3, -0.25) is 13.9 Å². The highest BCUT2D eigenvalue weighted by molar-refractivity contribution is 7.98. The van der Waals surface area contributed by atoms with E-state index in [0.717, 1.165) is 29.0 Å². The van der Waals surface area contributed by atoms with Gasteiger partial charge in [0, 0.05) is 25.8 Å². The van der Waals surface area contributed by atoms with Crippen molar-refractivity contribution in [3.05, 3.63) is 61.6 Å². The van der Waals surface area contributed by atoms with Crippen LogP contribution >= 0.6 is 11.8 Å². The summed E-state index contributed by atoms with van der Waals surface area (Å²) in [6.45, 7) is 4.16. The molecule has 0 N–H and O–H groups in total. The first-order valence-electron chi connectivity index (χ1n) is 9.03. The number of aryl methyl sites for hydroxylation is 3. The van der Waals surface area contributed by atoms with E-state index in [1.165, 1.54) is 28.3 Å². The molecule has 27 heavy (non-hydrogen) atoms. The average molecular weight is 382 g/mol. The number of fused-ring (bicyclic) bond motifs is 1. The van der Waals surface area contributed by atoms with Crippen molar-refractivity contribution in [1.29, 1.82) is 0 Å². The van der Waals surface area contributed by atoms with Gasteiger partial charge in [-0.25, -0.2) is 14.8 Å². The van der Waals surface area contributed by atoms with Crippen LogP contribution in [0.4, 0.5) is 0 Å². The number of hydrogen-bond acceptors (Lipinski definition) is 5. The van der Waals surface area contributed by atoms with Gasteiger partial charge >= 0.3 is 5.69 Å². The van der Waals surface area contributed by atoms with E-state index in [2.05, 4.69) is 37.0 Å². The maximum atomic E-state index is 12.8. The van der Waals surface area contributed by atoms with Crippen molar-refractivity contribution in [1.82, 2.24) is 19.1 Å². The third kappa shape index (κ3) is 3.20. The standard InChI is InChI=1S/C20H22N4O2S/c1-11-5-6-12(2)14(9-11)10-27-18-15-17(21-16(22-18)13-7-8-13)23(3)20(26)24(4)19(15)25/h5-6,9,13H,7-8,10H2,1-4H3. The average Bonchev–Trinajstić information content (AvgIpc) is 3.50. The van der Waals surface area contributed by atoms with Crippen LogP contribution in [0.15, 0.2) is 32.8 Å². The Bertz CT molecular complexity index is 1180. The summed E-state index contributed by atoms with van der Waals surface area (Å²) < 4.78 is 2.58. The first-order chi connectivity index (χ1) is 12.9. The van der Waals surface area contributed by atoms with E-state index in [-0.39, 0.29) is 11.2 Å². The van der Waals surface area contributed by atoms with E-state index in [1.54, 1.807) is 18.8 Å². The second-order valence-electron chi connectivity index (χ2n) is 7.28. The van der Waals surface area contributed by atoms with Crippen LogP contribution in [0.5, 0.6) is 0 Å². The molecular weight excluding hydrogens is 360 g/mol. The number of thioether (sulfide) groups is 1. The zero-order valence-electron chi connectivity index (χ0n) is 15.9. The third-order valence-corrected chi connectivity index (χ3v) is 6.12. The highest BCUT2D eigenvalue weighted by Gasteiger charge is 2.29. The molecule has 0 amide bonds. The summed E-state index contributed by atoms with van der Waals surface area (Å²) in [6, 6.07) is 6.38. The highest BCUT2D eigenvalue weighted by Crippen LogP contribution is 2.39. The van der Waals surface area contributed by atoms with Crippen LogP contribution in [0.3, 0.4) is 0 Å². The molecule has 2 aromatic heterocycles. The zero-order valence-corrected chi connectivity index (χ0v) is 16.8. The fourth-order valence-corrected chi connectivity index (χ4v) is 4.26. The number of aromatic nitrogens is 4. The minimum absolute atomic E-state index is 0.334. The summed E-state index contributed by atoms with van der Waals surface area (Å²) in [5.41, 5.74) is 3.39. The SMILES string of the molecule is Cc1ccc(C)c(CSc2nc(C3CC3)nc3c2c(=O)n(C)c(=O)n3C)c1. The molecule has 140 valence electrons. The second kappa shape index (κ2) is 6.64. The Balaban J connectivity index is 1.87. The van der Waals surface area contributed by atoms with Gasteiger partial charge in [-0.1, -0.05) is 23.8 Å². The lowest BCUT2D eigenvalue weighted by Gasteiger charge is -2.12. The Kier molecular flexibility index (Phi) is 4.42. The van der Waals surface area contributed by atoms with Crippen LogP contribution in [0.1, 0.15) is 41.3 Å². The van der Waals surface area contributed by atoms with Crippen molar-refractivity contribution < 1.29 is 0 Å². The van der Waals surface area contributed by atoms with Crippen LogP contribution in [-0.2, 0) is 19.8 Å². The van der Waals surface area contributed by atoms with E-state index >= 15 is 0 Å². The molecule has 0 aliphatic heterocycles. The van der Waals surface area contributed by atoms with Gasteiger partial charge in [-0.15, -0.1) is 11.8 Å². The molecule has 6 nitrogen and oxygen atoms in total. The molecule has 0 saturated heterocycles. The number of rotatable bonds is 4. The maximum Gasteiger partial charge on any atom is 0.332 e. The topological polar surface area (TPSA) is 69.8 Å². The van der Waals surface area contributed by atoms with Crippen LogP contribution in [0.2, 0.25) is 0 Å². The fourth-order valence-electron chi connectivity index (χ4n) is 3.18. The Morgan fingerprint density at radius 3 is 2.56 bits per heavy atom. The first kappa shape index (κ1) is 18.0. The first-order valence-corrected chi connectivity index (χ1v) is 10.0. The zero-order chi connectivity index (χ0) is 19.3. The summed E-state index contributed by atoms with van der Waals surface area (Å²) >= 11 is 1.54. The van der Waals surface area contributed by atoms with Crippen molar-refractivity contribution >= 4 is 22.8 Å². The lowest BCUT2D eigenvalue weighted by atomic mass is 10.1. The Hall–Kier alpha value is -2.41. The van der Waals surface area contributed by atoms with Gasteiger partial charge in [0.25, 0.3) is 5.56 Å². The van der Waals surface area contributed by atoms with E-state index in [1.807, 2.05) is 0 Å². The minimum atomic E-state index is -0.363. The molecule has 0 unspecified atom stereocenters. The molecule has 0 bridgehead atoms. The molecule has 1 aromatic carbocycles. The Labute approximate surface area is 161 Å². The normalized spacial score (nSPS) is 14.1. The van der Waals surface area contributed by atoms with Crippen LogP contribution in [0.25, 0.3) is 11.0 Å². The van der Waals surface area contributed by atoms with Gasteiger partial charge < -0.3 is 0 Å². The van der Waals surface area contributed by atoms with Crippen molar-refractivity contribution in [2.75, 3.05) is 0 Å². The molecule has 0 spiro atoms. The van der Waals surface area contributed by atoms with Gasteiger partial charge in [-0.2, -0.15) is 0 Å². The quantitative estimate of drug-likeness (QED) is 0.513. The molecule has 1 aliphatic carbocycles. The van der Waals surface area contributed by atoms with Gasteiger partial charge in [0.15, 0.2) is 5.65 Å². The van der Waals surface area contributed by atoms with Crippen molar-refractivity contribution in [2.45, 2.75) is 43.4 Å². The van der Waals surface area contributed by atoms with Gasteiger partial charge in [0.05, 0.1) is 0 Å². The maximum absolute atomic E-state index is 12.8. The van der Waals surface area contributed by atoms with E-state index in [0.29, 0.717) is 22.0 Å². The van der Waals surface area contributed by atoms with E-state index < -0.39 is 0 Å². The molecule has 2 heterocycles. The van der Waals surface area contributed by atoms with Crippen LogP contribution in [-0.4, -0.2) is 19.1 Å². The fraction of sp³-hybridized carbons (Fsp3) is 0.400. The van der Waals surface area contributed by atoms with Crippen molar-refractivity contribution in [2.24, 2.45) is 14.1 Å². The van der Waals surface area contributed by atoms with Crippen LogP contribution < -0.4 is 11.2 Å². The molecule has 0 atom stereocenters. The molecular formula is C20H22N4O2S. The monoisotopic (exact) mass is 382 g/mol. The summed E-state index contributed by atoms with van der Waals surface area (Å²) in [4.78, 5) is 34.4. The second-order valence-corrected chi connectivity index (χ2v) is 8.25. The predicted octanol–water partition coefficient (Wildman–Crippen LogP) is 2.81. The van der Waals surface area contributed by atoms with E-state index in [4.69, 9.17) is 4.98 Å². The number of nitrogens with zero attached hydrogens (tertiary/aromatic N) is 4. The van der Waals surface area contributed by atoms with E-state index in [9.17, 15) is 9.59 Å². The third-order valence-electron chi connectivity index (χ3n) is 5.10. The predicted molar refractivity (Wildman–Crippen MR) is 107 cm³/mol. The Morgan fingerprint density at radius 2 is 1.85 bits per heavy atom. The molecule has 7 heteroatoms. The van der Waals surface area contributed by atoms with Gasteiger partial charge in [-0.05, 0) is 37.8 Å². The van der Waals surface area contributed by atoms with Crippen molar-refractivity contribution in [3.8, 4) is 0 Å². The summed E-state index contributed by atoms with van der Waals surface area (Å²) in [7, 11) is 3.16. The van der Waals surface area contributed by atoms with Gasteiger partial charge in [0.1, 0.15) is 16.2 Å². The summed E-state index contributed by atoms with van der Waals surface area (Å²) in [6.07, 6.45) is 2.12. The van der Waals surface area contributed by atoms with Crippen LogP contribution in [0, 0.1) is 13.8 Å². The number of hydrogen-bond donors (Lipinski definition) is 0. The molecule has 1 saturated carbocycles. The smallest absolute Gasteiger partial charge is 0.280 e. The highest BCUT2D eigenvalue weighted by atomic mass is 32.2. The van der Waals surface area contributed by atoms with Gasteiger partial charge in [0.2, 0.25) is 0 Å². The molecule has 0 radical (unpaired) electrons. The minimum Gasteiger partial charge on any atom is -0.280 e. The number of benzene rings is 1. The lowest BCUT2D eigenvalue weighted by molar-refractivity contribution is 0.698. The summed E-state index contributed by atoms with van der Waals surface area (Å²) in [5.74, 6) is 1.80. The Morgan fingerprint density at radius 1 is 1.11 bits per heavy atom. The molecule has 1 fully saturated rings. The largest absolute Gasteiger partial charge is 0.332 e. The van der Waals surface area contributed by atoms with Crippen molar-refractivity contribution in [3.63, 3.8) is 0 Å². The molecule has 1 aliphatic rings. The summed E-state index contributed by atoms with van der Waals surface area (Å²) in [5, 5.41) is 1.10. The molecule has 3 aromatic rings. The lowest BCUT2D eigenvalue weighted by Crippen LogP contribution is -2.37. The molecule has 4 rings (SSSR count).